The first-order valence-corrected chi connectivity index (χ1v) is 13.2. The zero-order valence-corrected chi connectivity index (χ0v) is 21.2. The lowest BCUT2D eigenvalue weighted by Gasteiger charge is -2.18. The van der Waals surface area contributed by atoms with Crippen molar-refractivity contribution < 1.29 is 17.9 Å². The predicted octanol–water partition coefficient (Wildman–Crippen LogP) is 3.73. The van der Waals surface area contributed by atoms with Gasteiger partial charge < -0.3 is 14.6 Å². The Labute approximate surface area is 202 Å². The van der Waals surface area contributed by atoms with Gasteiger partial charge >= 0.3 is 0 Å². The standard InChI is InChI=1S/C25H34N4O4S/c1-5-16-29-22-13-12-20(34(31,32)28(6-2)7-3)17-21(22)27-24(29)14-15-25(30)26-18-19-10-8-9-11-23(19)33-4/h8-13,17H,5-7,14-16,18H2,1-4H3,(H,26,30). The molecule has 8 nitrogen and oxygen atoms in total. The molecule has 1 amide bonds. The lowest BCUT2D eigenvalue weighted by atomic mass is 10.2. The summed E-state index contributed by atoms with van der Waals surface area (Å²) in [4.78, 5) is 17.5. The average molecular weight is 487 g/mol. The van der Waals surface area contributed by atoms with Gasteiger partial charge in [0, 0.05) is 44.6 Å². The number of imidazole rings is 1. The summed E-state index contributed by atoms with van der Waals surface area (Å²) in [5.41, 5.74) is 2.43. The Hall–Kier alpha value is -2.91. The maximum Gasteiger partial charge on any atom is 0.243 e. The smallest absolute Gasteiger partial charge is 0.243 e. The molecule has 0 radical (unpaired) electrons. The molecule has 1 aromatic heterocycles. The minimum absolute atomic E-state index is 0.0780. The van der Waals surface area contributed by atoms with Crippen molar-refractivity contribution in [2.75, 3.05) is 20.2 Å². The molecule has 0 atom stereocenters. The van der Waals surface area contributed by atoms with Crippen LogP contribution in [0.1, 0.15) is 45.0 Å². The van der Waals surface area contributed by atoms with Gasteiger partial charge in [-0.3, -0.25) is 4.79 Å². The highest BCUT2D eigenvalue weighted by Crippen LogP contribution is 2.24. The predicted molar refractivity (Wildman–Crippen MR) is 133 cm³/mol. The number of sulfonamides is 1. The molecule has 0 aliphatic rings. The molecule has 0 unspecified atom stereocenters. The van der Waals surface area contributed by atoms with Crippen molar-refractivity contribution in [3.05, 3.63) is 53.9 Å². The highest BCUT2D eigenvalue weighted by molar-refractivity contribution is 7.89. The van der Waals surface area contributed by atoms with Gasteiger partial charge in [-0.25, -0.2) is 13.4 Å². The van der Waals surface area contributed by atoms with E-state index < -0.39 is 10.0 Å². The summed E-state index contributed by atoms with van der Waals surface area (Å²) in [5.74, 6) is 1.44. The van der Waals surface area contributed by atoms with Crippen LogP contribution in [0.4, 0.5) is 0 Å². The van der Waals surface area contributed by atoms with Gasteiger partial charge in [0.2, 0.25) is 15.9 Å². The third kappa shape index (κ3) is 5.59. The van der Waals surface area contributed by atoms with E-state index in [1.807, 2.05) is 44.2 Å². The molecule has 3 rings (SSSR count). The highest BCUT2D eigenvalue weighted by Gasteiger charge is 2.23. The maximum absolute atomic E-state index is 12.9. The second-order valence-corrected chi connectivity index (χ2v) is 9.95. The van der Waals surface area contributed by atoms with Crippen LogP contribution in [0.3, 0.4) is 0 Å². The summed E-state index contributed by atoms with van der Waals surface area (Å²) in [6.45, 7) is 7.69. The molecule has 0 bridgehead atoms. The molecule has 0 aliphatic carbocycles. The molecule has 1 N–H and O–H groups in total. The fraction of sp³-hybridized carbons (Fsp3) is 0.440. The Morgan fingerprint density at radius 1 is 1.12 bits per heavy atom. The van der Waals surface area contributed by atoms with E-state index in [0.717, 1.165) is 35.6 Å². The van der Waals surface area contributed by atoms with Gasteiger partial charge in [0.15, 0.2) is 0 Å². The van der Waals surface area contributed by atoms with Crippen LogP contribution in [0, 0.1) is 0 Å². The summed E-state index contributed by atoms with van der Waals surface area (Å²) >= 11 is 0. The van der Waals surface area contributed by atoms with Crippen LogP contribution in [0.15, 0.2) is 47.4 Å². The molecule has 0 aliphatic heterocycles. The fourth-order valence-corrected chi connectivity index (χ4v) is 5.53. The number of rotatable bonds is 12. The van der Waals surface area contributed by atoms with Crippen molar-refractivity contribution in [2.45, 2.75) is 58.0 Å². The normalized spacial score (nSPS) is 11.8. The number of benzene rings is 2. The Bertz CT molecular complexity index is 1230. The van der Waals surface area contributed by atoms with Crippen LogP contribution in [-0.4, -0.2) is 48.4 Å². The number of aromatic nitrogens is 2. The quantitative estimate of drug-likeness (QED) is 0.421. The van der Waals surface area contributed by atoms with Crippen LogP contribution >= 0.6 is 0 Å². The molecule has 9 heteroatoms. The Balaban J connectivity index is 1.77. The Morgan fingerprint density at radius 2 is 1.85 bits per heavy atom. The van der Waals surface area contributed by atoms with Crippen molar-refractivity contribution >= 4 is 27.0 Å². The van der Waals surface area contributed by atoms with E-state index >= 15 is 0 Å². The molecular formula is C25H34N4O4S. The maximum atomic E-state index is 12.9. The number of methoxy groups -OCH3 is 1. The van der Waals surface area contributed by atoms with E-state index in [-0.39, 0.29) is 17.2 Å². The van der Waals surface area contributed by atoms with E-state index in [0.29, 0.717) is 31.6 Å². The van der Waals surface area contributed by atoms with Gasteiger partial charge in [-0.05, 0) is 30.7 Å². The van der Waals surface area contributed by atoms with E-state index in [1.165, 1.54) is 4.31 Å². The lowest BCUT2D eigenvalue weighted by Crippen LogP contribution is -2.30. The summed E-state index contributed by atoms with van der Waals surface area (Å²) in [7, 11) is -1.96. The molecule has 2 aromatic carbocycles. The second-order valence-electron chi connectivity index (χ2n) is 8.01. The molecular weight excluding hydrogens is 452 g/mol. The Morgan fingerprint density at radius 3 is 2.53 bits per heavy atom. The van der Waals surface area contributed by atoms with Crippen LogP contribution < -0.4 is 10.1 Å². The highest BCUT2D eigenvalue weighted by atomic mass is 32.2. The van der Waals surface area contributed by atoms with Crippen LogP contribution in [0.25, 0.3) is 11.0 Å². The number of nitrogens with zero attached hydrogens (tertiary/aromatic N) is 3. The number of hydrogen-bond acceptors (Lipinski definition) is 5. The van der Waals surface area contributed by atoms with Crippen LogP contribution in [-0.2, 0) is 34.3 Å². The first-order valence-electron chi connectivity index (χ1n) is 11.7. The topological polar surface area (TPSA) is 93.5 Å². The first kappa shape index (κ1) is 25.7. The Kier molecular flexibility index (Phi) is 8.68. The molecule has 3 aromatic rings. The van der Waals surface area contributed by atoms with Crippen molar-refractivity contribution in [2.24, 2.45) is 0 Å². The van der Waals surface area contributed by atoms with Crippen molar-refractivity contribution in [3.63, 3.8) is 0 Å². The van der Waals surface area contributed by atoms with E-state index in [9.17, 15) is 13.2 Å². The summed E-state index contributed by atoms with van der Waals surface area (Å²) in [5, 5.41) is 2.94. The number of carbonyl (C=O) groups excluding carboxylic acids is 1. The number of ether oxygens (including phenoxy) is 1. The first-order chi connectivity index (χ1) is 16.3. The SMILES string of the molecule is CCCn1c(CCC(=O)NCc2ccccc2OC)nc2cc(S(=O)(=O)N(CC)CC)ccc21. The van der Waals surface area contributed by atoms with Crippen LogP contribution in [0.2, 0.25) is 0 Å². The number of para-hydroxylation sites is 1. The average Bonchev–Trinajstić information content (AvgIpc) is 3.19. The molecule has 184 valence electrons. The van der Waals surface area contributed by atoms with Crippen molar-refractivity contribution in [3.8, 4) is 5.75 Å². The lowest BCUT2D eigenvalue weighted by molar-refractivity contribution is -0.121. The molecule has 0 saturated heterocycles. The van der Waals surface area contributed by atoms with Gasteiger partial charge in [0.1, 0.15) is 11.6 Å². The molecule has 0 spiro atoms. The number of carbonyl (C=O) groups is 1. The number of amides is 1. The molecule has 34 heavy (non-hydrogen) atoms. The number of hydrogen-bond donors (Lipinski definition) is 1. The summed E-state index contributed by atoms with van der Waals surface area (Å²) in [6.07, 6.45) is 1.65. The van der Waals surface area contributed by atoms with Gasteiger partial charge in [0.05, 0.1) is 23.0 Å². The van der Waals surface area contributed by atoms with Crippen molar-refractivity contribution in [1.82, 2.24) is 19.2 Å². The van der Waals surface area contributed by atoms with Crippen molar-refractivity contribution in [1.29, 1.82) is 0 Å². The van der Waals surface area contributed by atoms with Gasteiger partial charge in [-0.2, -0.15) is 4.31 Å². The molecule has 1 heterocycles. The zero-order valence-electron chi connectivity index (χ0n) is 20.4. The van der Waals surface area contributed by atoms with Crippen LogP contribution in [0.5, 0.6) is 5.75 Å². The molecule has 0 fully saturated rings. The number of fused-ring (bicyclic) bond motifs is 1. The molecule has 0 saturated carbocycles. The fourth-order valence-electron chi connectivity index (χ4n) is 4.05. The van der Waals surface area contributed by atoms with E-state index in [4.69, 9.17) is 9.72 Å². The third-order valence-electron chi connectivity index (χ3n) is 5.83. The largest absolute Gasteiger partial charge is 0.496 e. The van der Waals surface area contributed by atoms with Gasteiger partial charge in [-0.1, -0.05) is 39.0 Å². The number of nitrogens with one attached hydrogen (secondary N) is 1. The minimum Gasteiger partial charge on any atom is -0.496 e. The third-order valence-corrected chi connectivity index (χ3v) is 7.88. The monoisotopic (exact) mass is 486 g/mol. The zero-order chi connectivity index (χ0) is 24.7. The second kappa shape index (κ2) is 11.5. The van der Waals surface area contributed by atoms with E-state index in [1.54, 1.807) is 19.2 Å². The summed E-state index contributed by atoms with van der Waals surface area (Å²) < 4.78 is 34.7. The number of aryl methyl sites for hydroxylation is 2. The van der Waals surface area contributed by atoms with Gasteiger partial charge in [-0.15, -0.1) is 0 Å². The van der Waals surface area contributed by atoms with E-state index in [2.05, 4.69) is 16.8 Å². The summed E-state index contributed by atoms with van der Waals surface area (Å²) in [6, 6.07) is 12.7. The van der Waals surface area contributed by atoms with Gasteiger partial charge in [0.25, 0.3) is 0 Å². The minimum atomic E-state index is -3.56.